The highest BCUT2D eigenvalue weighted by Gasteiger charge is 2.19. The fourth-order valence-electron chi connectivity index (χ4n) is 1.63. The Labute approximate surface area is 119 Å². The highest BCUT2D eigenvalue weighted by molar-refractivity contribution is 7.92. The van der Waals surface area contributed by atoms with Gasteiger partial charge in [0.2, 0.25) is 0 Å². The predicted molar refractivity (Wildman–Crippen MR) is 72.4 cm³/mol. The number of anilines is 1. The van der Waals surface area contributed by atoms with E-state index in [1.54, 1.807) is 0 Å². The largest absolute Gasteiger partial charge is 0.384 e. The van der Waals surface area contributed by atoms with Gasteiger partial charge in [-0.2, -0.15) is 0 Å². The Kier molecular flexibility index (Phi) is 3.85. The number of aromatic nitrogens is 1. The van der Waals surface area contributed by atoms with Crippen LogP contribution in [-0.2, 0) is 10.0 Å². The zero-order valence-corrected chi connectivity index (χ0v) is 11.3. The molecule has 1 heterocycles. The predicted octanol–water partition coefficient (Wildman–Crippen LogP) is 1.44. The molecule has 0 radical (unpaired) electrons. The molecule has 1 aromatic carbocycles. The summed E-state index contributed by atoms with van der Waals surface area (Å²) in [7, 11) is -4.18. The summed E-state index contributed by atoms with van der Waals surface area (Å²) in [4.78, 5) is 3.00. The molecule has 0 saturated carbocycles. The molecule has 4 N–H and O–H groups in total. The average molecular weight is 312 g/mol. The first-order valence-corrected chi connectivity index (χ1v) is 7.06. The van der Waals surface area contributed by atoms with Crippen molar-refractivity contribution in [3.63, 3.8) is 0 Å². The summed E-state index contributed by atoms with van der Waals surface area (Å²) in [5.41, 5.74) is 4.63. The van der Waals surface area contributed by atoms with Crippen molar-refractivity contribution >= 4 is 21.5 Å². The molecule has 0 unspecified atom stereocenters. The molecule has 0 atom stereocenters. The monoisotopic (exact) mass is 312 g/mol. The number of pyridine rings is 1. The van der Waals surface area contributed by atoms with Crippen molar-refractivity contribution in [1.29, 1.82) is 5.41 Å². The van der Waals surface area contributed by atoms with Crippen molar-refractivity contribution in [3.8, 4) is 0 Å². The zero-order valence-electron chi connectivity index (χ0n) is 10.5. The van der Waals surface area contributed by atoms with Crippen LogP contribution in [0.15, 0.2) is 41.6 Å². The van der Waals surface area contributed by atoms with Gasteiger partial charge in [0, 0.05) is 6.20 Å². The number of benzene rings is 1. The van der Waals surface area contributed by atoms with Crippen molar-refractivity contribution in [2.45, 2.75) is 4.90 Å². The van der Waals surface area contributed by atoms with Crippen LogP contribution in [0.25, 0.3) is 0 Å². The van der Waals surface area contributed by atoms with E-state index in [1.807, 2.05) is 0 Å². The van der Waals surface area contributed by atoms with Crippen LogP contribution in [0.2, 0.25) is 0 Å². The lowest BCUT2D eigenvalue weighted by atomic mass is 10.1. The summed E-state index contributed by atoms with van der Waals surface area (Å²) in [5, 5.41) is 7.29. The van der Waals surface area contributed by atoms with Gasteiger partial charge >= 0.3 is 0 Å². The molecule has 0 saturated heterocycles. The Morgan fingerprint density at radius 2 is 2.00 bits per heavy atom. The molecule has 0 fully saturated rings. The number of sulfonamides is 1. The third kappa shape index (κ3) is 3.14. The van der Waals surface area contributed by atoms with Gasteiger partial charge in [-0.3, -0.25) is 15.1 Å². The first kappa shape index (κ1) is 14.9. The minimum Gasteiger partial charge on any atom is -0.384 e. The molecule has 0 bridgehead atoms. The van der Waals surface area contributed by atoms with Gasteiger partial charge < -0.3 is 5.73 Å². The lowest BCUT2D eigenvalue weighted by Crippen LogP contribution is -2.20. The van der Waals surface area contributed by atoms with Gasteiger partial charge in [0.05, 0.1) is 17.4 Å². The van der Waals surface area contributed by atoms with Crippen LogP contribution in [0.3, 0.4) is 0 Å². The second-order valence-electron chi connectivity index (χ2n) is 4.02. The van der Waals surface area contributed by atoms with E-state index in [2.05, 4.69) is 9.71 Å². The quantitative estimate of drug-likeness (QED) is 0.586. The second-order valence-corrected chi connectivity index (χ2v) is 5.70. The van der Waals surface area contributed by atoms with Gasteiger partial charge in [-0.05, 0) is 18.2 Å². The Hall–Kier alpha value is -2.55. The third-order valence-electron chi connectivity index (χ3n) is 2.52. The number of nitrogens with one attached hydrogen (secondary N) is 2. The summed E-state index contributed by atoms with van der Waals surface area (Å²) in [5.74, 6) is -2.31. The maximum absolute atomic E-state index is 13.6. The first-order chi connectivity index (χ1) is 9.81. The van der Waals surface area contributed by atoms with E-state index in [9.17, 15) is 17.2 Å². The van der Waals surface area contributed by atoms with Gasteiger partial charge in [0.25, 0.3) is 10.0 Å². The summed E-state index contributed by atoms with van der Waals surface area (Å²) in [6, 6.07) is 4.30. The number of rotatable bonds is 4. The van der Waals surface area contributed by atoms with Gasteiger partial charge in [-0.15, -0.1) is 0 Å². The highest BCUT2D eigenvalue weighted by atomic mass is 32.2. The van der Waals surface area contributed by atoms with E-state index in [0.717, 1.165) is 24.5 Å². The van der Waals surface area contributed by atoms with E-state index < -0.39 is 32.4 Å². The van der Waals surface area contributed by atoms with Crippen LogP contribution in [-0.4, -0.2) is 19.2 Å². The fraction of sp³-hybridized carbons (Fsp3) is 0. The minimum atomic E-state index is -4.18. The number of amidine groups is 1. The number of nitrogen functional groups attached to an aromatic ring is 1. The minimum absolute atomic E-state index is 0.216. The molecule has 6 nitrogen and oxygen atoms in total. The van der Waals surface area contributed by atoms with Crippen molar-refractivity contribution in [3.05, 3.63) is 53.9 Å². The van der Waals surface area contributed by atoms with Gasteiger partial charge in [-0.1, -0.05) is 6.07 Å². The number of hydrogen-bond acceptors (Lipinski definition) is 4. The molecular weight excluding hydrogens is 302 g/mol. The summed E-state index contributed by atoms with van der Waals surface area (Å²) in [6.45, 7) is 0. The summed E-state index contributed by atoms with van der Waals surface area (Å²) < 4.78 is 52.9. The van der Waals surface area contributed by atoms with Gasteiger partial charge in [0.1, 0.15) is 22.4 Å². The van der Waals surface area contributed by atoms with Crippen molar-refractivity contribution in [1.82, 2.24) is 4.98 Å². The first-order valence-electron chi connectivity index (χ1n) is 5.57. The molecular formula is C12H10F2N4O2S. The smallest absolute Gasteiger partial charge is 0.263 e. The van der Waals surface area contributed by atoms with Crippen molar-refractivity contribution in [2.75, 3.05) is 4.72 Å². The second kappa shape index (κ2) is 5.44. The molecule has 0 amide bonds. The lowest BCUT2D eigenvalue weighted by Gasteiger charge is -2.12. The maximum Gasteiger partial charge on any atom is 0.263 e. The Morgan fingerprint density at radius 3 is 2.62 bits per heavy atom. The number of halogens is 2. The molecule has 0 spiro atoms. The van der Waals surface area contributed by atoms with E-state index in [1.165, 1.54) is 12.1 Å². The number of nitrogens with two attached hydrogens (primary N) is 1. The maximum atomic E-state index is 13.6. The Morgan fingerprint density at radius 1 is 1.29 bits per heavy atom. The van der Waals surface area contributed by atoms with Crippen LogP contribution < -0.4 is 10.5 Å². The fourth-order valence-corrected chi connectivity index (χ4v) is 2.67. The molecule has 21 heavy (non-hydrogen) atoms. The molecule has 2 rings (SSSR count). The molecule has 9 heteroatoms. The van der Waals surface area contributed by atoms with E-state index in [0.29, 0.717) is 0 Å². The van der Waals surface area contributed by atoms with Crippen LogP contribution in [0.1, 0.15) is 5.56 Å². The van der Waals surface area contributed by atoms with Crippen molar-refractivity contribution < 1.29 is 17.2 Å². The Bertz CT molecular complexity index is 809. The molecule has 0 aliphatic heterocycles. The molecule has 0 aliphatic carbocycles. The van der Waals surface area contributed by atoms with E-state index in [4.69, 9.17) is 11.1 Å². The topological polar surface area (TPSA) is 109 Å². The SMILES string of the molecule is N=C(N)c1c(F)cccc1NS(=O)(=O)c1cncc(F)c1. The third-order valence-corrected chi connectivity index (χ3v) is 3.85. The van der Waals surface area contributed by atoms with Gasteiger partial charge in [0.15, 0.2) is 0 Å². The zero-order chi connectivity index (χ0) is 15.6. The van der Waals surface area contributed by atoms with Gasteiger partial charge in [-0.25, -0.2) is 17.2 Å². The van der Waals surface area contributed by atoms with Crippen LogP contribution in [0, 0.1) is 17.0 Å². The Balaban J connectivity index is 2.47. The number of hydrogen-bond donors (Lipinski definition) is 3. The number of nitrogens with zero attached hydrogens (tertiary/aromatic N) is 1. The average Bonchev–Trinajstić information content (AvgIpc) is 2.37. The van der Waals surface area contributed by atoms with E-state index >= 15 is 0 Å². The van der Waals surface area contributed by atoms with Crippen molar-refractivity contribution in [2.24, 2.45) is 5.73 Å². The van der Waals surface area contributed by atoms with E-state index in [-0.39, 0.29) is 11.3 Å². The molecule has 1 aromatic heterocycles. The molecule has 110 valence electrons. The summed E-state index contributed by atoms with van der Waals surface area (Å²) >= 11 is 0. The van der Waals surface area contributed by atoms with Crippen LogP contribution >= 0.6 is 0 Å². The molecule has 2 aromatic rings. The standard InChI is InChI=1S/C12H10F2N4O2S/c13-7-4-8(6-17-5-7)21(19,20)18-10-3-1-2-9(14)11(10)12(15)16/h1-6,18H,(H3,15,16). The highest BCUT2D eigenvalue weighted by Crippen LogP contribution is 2.22. The lowest BCUT2D eigenvalue weighted by molar-refractivity contribution is 0.592. The molecule has 0 aliphatic rings. The summed E-state index contributed by atoms with van der Waals surface area (Å²) in [6.07, 6.45) is 1.79. The van der Waals surface area contributed by atoms with Crippen LogP contribution in [0.4, 0.5) is 14.5 Å². The van der Waals surface area contributed by atoms with Crippen LogP contribution in [0.5, 0.6) is 0 Å². The normalized spacial score (nSPS) is 11.1.